The van der Waals surface area contributed by atoms with E-state index >= 15 is 0 Å². The van der Waals surface area contributed by atoms with Crippen molar-refractivity contribution in [2.24, 2.45) is 0 Å². The SMILES string of the molecule is O=S(=O)(c1cccc(Cl)c1)N1CCN(S(=O)(=O)c2cccc(-n3cnnn3)c2)CC1. The second kappa shape index (κ2) is 8.04. The Hall–Kier alpha value is -2.38. The highest BCUT2D eigenvalue weighted by molar-refractivity contribution is 7.89. The lowest BCUT2D eigenvalue weighted by atomic mass is 10.3. The molecule has 2 aromatic carbocycles. The fraction of sp³-hybridized carbons (Fsp3) is 0.235. The molecule has 0 N–H and O–H groups in total. The fourth-order valence-electron chi connectivity index (χ4n) is 3.14. The van der Waals surface area contributed by atoms with Gasteiger partial charge in [-0.15, -0.1) is 5.10 Å². The molecule has 0 atom stereocenters. The van der Waals surface area contributed by atoms with Gasteiger partial charge in [-0.3, -0.25) is 0 Å². The van der Waals surface area contributed by atoms with Crippen LogP contribution in [0.15, 0.2) is 64.6 Å². The number of piperazine rings is 1. The molecule has 1 saturated heterocycles. The molecule has 4 rings (SSSR count). The first-order valence-corrected chi connectivity index (χ1v) is 12.1. The number of halogens is 1. The molecule has 2 heterocycles. The Morgan fingerprint density at radius 1 is 0.800 bits per heavy atom. The van der Waals surface area contributed by atoms with Crippen molar-refractivity contribution in [1.29, 1.82) is 0 Å². The summed E-state index contributed by atoms with van der Waals surface area (Å²) < 4.78 is 55.7. The molecule has 0 spiro atoms. The normalized spacial score (nSPS) is 16.6. The van der Waals surface area contributed by atoms with Crippen molar-refractivity contribution in [2.45, 2.75) is 9.79 Å². The molecular formula is C17H17ClN6O4S2. The fourth-order valence-corrected chi connectivity index (χ4v) is 6.33. The highest BCUT2D eigenvalue weighted by Crippen LogP contribution is 2.24. The molecule has 3 aromatic rings. The highest BCUT2D eigenvalue weighted by atomic mass is 35.5. The minimum Gasteiger partial charge on any atom is -0.207 e. The van der Waals surface area contributed by atoms with Crippen molar-refractivity contribution >= 4 is 31.6 Å². The molecule has 1 aliphatic rings. The maximum atomic E-state index is 13.1. The van der Waals surface area contributed by atoms with Crippen LogP contribution in [-0.2, 0) is 20.0 Å². The van der Waals surface area contributed by atoms with E-state index in [1.54, 1.807) is 24.3 Å². The van der Waals surface area contributed by atoms with Crippen LogP contribution in [0.25, 0.3) is 5.69 Å². The van der Waals surface area contributed by atoms with Crippen LogP contribution in [0.5, 0.6) is 0 Å². The molecule has 30 heavy (non-hydrogen) atoms. The highest BCUT2D eigenvalue weighted by Gasteiger charge is 2.34. The van der Waals surface area contributed by atoms with Gasteiger partial charge < -0.3 is 0 Å². The zero-order valence-corrected chi connectivity index (χ0v) is 17.9. The molecule has 13 heteroatoms. The van der Waals surface area contributed by atoms with Crippen molar-refractivity contribution in [1.82, 2.24) is 28.8 Å². The van der Waals surface area contributed by atoms with Crippen molar-refractivity contribution in [3.05, 3.63) is 59.9 Å². The predicted octanol–water partition coefficient (Wildman–Crippen LogP) is 1.01. The predicted molar refractivity (Wildman–Crippen MR) is 108 cm³/mol. The Bertz CT molecular complexity index is 1260. The Morgan fingerprint density at radius 3 is 1.90 bits per heavy atom. The van der Waals surface area contributed by atoms with E-state index in [0.29, 0.717) is 10.7 Å². The van der Waals surface area contributed by atoms with Crippen LogP contribution in [0.4, 0.5) is 0 Å². The van der Waals surface area contributed by atoms with Gasteiger partial charge in [0.05, 0.1) is 15.5 Å². The Labute approximate surface area is 178 Å². The van der Waals surface area contributed by atoms with Crippen LogP contribution >= 0.6 is 11.6 Å². The van der Waals surface area contributed by atoms with Gasteiger partial charge in [-0.05, 0) is 46.8 Å². The van der Waals surface area contributed by atoms with E-state index in [-0.39, 0.29) is 36.0 Å². The van der Waals surface area contributed by atoms with E-state index in [1.807, 2.05) is 0 Å². The molecule has 0 amide bonds. The summed E-state index contributed by atoms with van der Waals surface area (Å²) in [5.41, 5.74) is 0.503. The van der Waals surface area contributed by atoms with Gasteiger partial charge in [0.15, 0.2) is 0 Å². The number of hydrogen-bond donors (Lipinski definition) is 0. The van der Waals surface area contributed by atoms with E-state index in [4.69, 9.17) is 11.6 Å². The molecule has 0 bridgehead atoms. The summed E-state index contributed by atoms with van der Waals surface area (Å²) in [6.45, 7) is 0.163. The van der Waals surface area contributed by atoms with Crippen LogP contribution in [0.3, 0.4) is 0 Å². The smallest absolute Gasteiger partial charge is 0.207 e. The maximum absolute atomic E-state index is 13.1. The third-order valence-electron chi connectivity index (χ3n) is 4.70. The molecule has 158 valence electrons. The van der Waals surface area contributed by atoms with Gasteiger partial charge >= 0.3 is 0 Å². The summed E-state index contributed by atoms with van der Waals surface area (Å²) >= 11 is 5.91. The summed E-state index contributed by atoms with van der Waals surface area (Å²) in [4.78, 5) is 0.169. The maximum Gasteiger partial charge on any atom is 0.243 e. The first-order chi connectivity index (χ1) is 14.3. The largest absolute Gasteiger partial charge is 0.243 e. The number of nitrogens with zero attached hydrogens (tertiary/aromatic N) is 6. The minimum absolute atomic E-state index is 0.0389. The minimum atomic E-state index is -3.81. The van der Waals surface area contributed by atoms with E-state index in [1.165, 1.54) is 43.9 Å². The third kappa shape index (κ3) is 3.96. The lowest BCUT2D eigenvalue weighted by molar-refractivity contribution is 0.273. The molecule has 0 saturated carbocycles. The molecule has 1 aromatic heterocycles. The monoisotopic (exact) mass is 468 g/mol. The van der Waals surface area contributed by atoms with E-state index in [0.717, 1.165) is 0 Å². The summed E-state index contributed by atoms with van der Waals surface area (Å²) in [5, 5.41) is 11.2. The molecular weight excluding hydrogens is 452 g/mol. The number of sulfonamides is 2. The van der Waals surface area contributed by atoms with Crippen LogP contribution in [0, 0.1) is 0 Å². The van der Waals surface area contributed by atoms with Crippen molar-refractivity contribution < 1.29 is 16.8 Å². The van der Waals surface area contributed by atoms with Crippen molar-refractivity contribution in [2.75, 3.05) is 26.2 Å². The van der Waals surface area contributed by atoms with Gasteiger partial charge in [0, 0.05) is 31.2 Å². The summed E-state index contributed by atoms with van der Waals surface area (Å²) in [6, 6.07) is 12.2. The first kappa shape index (κ1) is 20.9. The van der Waals surface area contributed by atoms with Crippen LogP contribution in [-0.4, -0.2) is 71.8 Å². The third-order valence-corrected chi connectivity index (χ3v) is 8.72. The zero-order valence-electron chi connectivity index (χ0n) is 15.5. The van der Waals surface area contributed by atoms with Crippen LogP contribution in [0.1, 0.15) is 0 Å². The Kier molecular flexibility index (Phi) is 5.59. The van der Waals surface area contributed by atoms with Gasteiger partial charge in [0.2, 0.25) is 20.0 Å². The van der Waals surface area contributed by atoms with Crippen molar-refractivity contribution in [3.63, 3.8) is 0 Å². The van der Waals surface area contributed by atoms with Crippen LogP contribution < -0.4 is 0 Å². The average molecular weight is 469 g/mol. The van der Waals surface area contributed by atoms with E-state index < -0.39 is 20.0 Å². The Balaban J connectivity index is 1.52. The van der Waals surface area contributed by atoms with Gasteiger partial charge in [0.25, 0.3) is 0 Å². The second-order valence-electron chi connectivity index (χ2n) is 6.52. The molecule has 0 radical (unpaired) electrons. The second-order valence-corrected chi connectivity index (χ2v) is 10.8. The van der Waals surface area contributed by atoms with E-state index in [9.17, 15) is 16.8 Å². The van der Waals surface area contributed by atoms with Crippen molar-refractivity contribution in [3.8, 4) is 5.69 Å². The molecule has 0 unspecified atom stereocenters. The molecule has 10 nitrogen and oxygen atoms in total. The van der Waals surface area contributed by atoms with Gasteiger partial charge in [0.1, 0.15) is 6.33 Å². The lowest BCUT2D eigenvalue weighted by Gasteiger charge is -2.33. The first-order valence-electron chi connectivity index (χ1n) is 8.88. The Morgan fingerprint density at radius 2 is 1.37 bits per heavy atom. The number of benzene rings is 2. The lowest BCUT2D eigenvalue weighted by Crippen LogP contribution is -2.50. The van der Waals surface area contributed by atoms with Gasteiger partial charge in [-0.1, -0.05) is 23.7 Å². The summed E-state index contributed by atoms with van der Waals surface area (Å²) in [6.07, 6.45) is 1.37. The van der Waals surface area contributed by atoms with Gasteiger partial charge in [-0.25, -0.2) is 21.5 Å². The molecule has 1 aliphatic heterocycles. The number of hydrogen-bond acceptors (Lipinski definition) is 7. The van der Waals surface area contributed by atoms with E-state index in [2.05, 4.69) is 15.5 Å². The molecule has 1 fully saturated rings. The summed E-state index contributed by atoms with van der Waals surface area (Å²) in [7, 11) is -7.56. The number of aromatic nitrogens is 4. The number of tetrazole rings is 1. The average Bonchev–Trinajstić information content (AvgIpc) is 3.29. The quantitative estimate of drug-likeness (QED) is 0.548. The van der Waals surface area contributed by atoms with Gasteiger partial charge in [-0.2, -0.15) is 8.61 Å². The van der Waals surface area contributed by atoms with Crippen LogP contribution in [0.2, 0.25) is 5.02 Å². The topological polar surface area (TPSA) is 118 Å². The summed E-state index contributed by atoms with van der Waals surface area (Å²) in [5.74, 6) is 0. The standard InChI is InChI=1S/C17H17ClN6O4S2/c18-14-3-1-5-16(11-14)29(25,26)22-7-9-23(10-8-22)30(27,28)17-6-2-4-15(12-17)24-13-19-20-21-24/h1-6,11-13H,7-10H2. The molecule has 0 aliphatic carbocycles. The zero-order chi connectivity index (χ0) is 21.4. The number of rotatable bonds is 5.